The molecule has 0 fully saturated rings. The first-order valence-electron chi connectivity index (χ1n) is 14.6. The number of carbonyl (C=O) groups is 4. The van der Waals surface area contributed by atoms with Crippen LogP contribution >= 0.6 is 0 Å². The minimum atomic E-state index is -1.07. The van der Waals surface area contributed by atoms with Gasteiger partial charge in [0.15, 0.2) is 0 Å². The van der Waals surface area contributed by atoms with Gasteiger partial charge in [0.2, 0.25) is 0 Å². The highest BCUT2D eigenvalue weighted by Gasteiger charge is 2.23. The minimum absolute atomic E-state index is 0.0877. The normalized spacial score (nSPS) is 12.7. The van der Waals surface area contributed by atoms with E-state index in [1.54, 1.807) is 0 Å². The maximum Gasteiger partial charge on any atom is 0.515 e. The second-order valence-electron chi connectivity index (χ2n) is 11.0. The molecule has 12 heteroatoms. The van der Waals surface area contributed by atoms with Gasteiger partial charge < -0.3 is 28.9 Å². The average Bonchev–Trinajstić information content (AvgIpc) is 3.71. The third kappa shape index (κ3) is 6.90. The topological polar surface area (TPSA) is 163 Å². The van der Waals surface area contributed by atoms with Gasteiger partial charge in [-0.3, -0.25) is 9.59 Å². The van der Waals surface area contributed by atoms with Crippen molar-refractivity contribution in [3.05, 3.63) is 70.3 Å². The van der Waals surface area contributed by atoms with Gasteiger partial charge in [-0.1, -0.05) is 0 Å². The van der Waals surface area contributed by atoms with E-state index in [2.05, 4.69) is 30.2 Å². The number of aryl methyl sites for hydroxylation is 2. The zero-order valence-electron chi connectivity index (χ0n) is 26.5. The van der Waals surface area contributed by atoms with E-state index in [1.165, 1.54) is 0 Å². The van der Waals surface area contributed by atoms with Gasteiger partial charge in [0, 0.05) is 22.1 Å². The second-order valence-corrected chi connectivity index (χ2v) is 11.0. The summed E-state index contributed by atoms with van der Waals surface area (Å²) in [5.41, 5.74) is 11.5. The van der Waals surface area contributed by atoms with Crippen LogP contribution in [0.1, 0.15) is 73.4 Å². The SMILES string of the molecule is COC(=O)OC(=O)CCC1=C(C)c2cc3cc(C)c(cc4cc(C)c(cc5nc(cc1n2)C(CCC(=O)OC(=O)OC)=C5C)[nH]4)[nH]3. The molecule has 2 N–H and O–H groups in total. The fraction of sp³-hybridized carbons (Fsp3) is 0.294. The zero-order valence-corrected chi connectivity index (χ0v) is 26.5. The van der Waals surface area contributed by atoms with Gasteiger partial charge in [0.05, 0.1) is 49.8 Å². The Hall–Kier alpha value is -5.52. The van der Waals surface area contributed by atoms with Crippen LogP contribution in [0.2, 0.25) is 0 Å². The van der Waals surface area contributed by atoms with Crippen LogP contribution in [0.15, 0.2) is 36.4 Å². The van der Waals surface area contributed by atoms with E-state index < -0.39 is 24.2 Å². The lowest BCUT2D eigenvalue weighted by molar-refractivity contribution is -0.140. The molecule has 0 unspecified atom stereocenters. The number of nitrogens with zero attached hydrogens (tertiary/aromatic N) is 2. The van der Waals surface area contributed by atoms with Crippen molar-refractivity contribution in [2.45, 2.75) is 53.4 Å². The van der Waals surface area contributed by atoms with Crippen molar-refractivity contribution in [1.82, 2.24) is 19.9 Å². The molecule has 5 heterocycles. The third-order valence-corrected chi connectivity index (χ3v) is 7.96. The molecule has 12 nitrogen and oxygen atoms in total. The summed E-state index contributed by atoms with van der Waals surface area (Å²) in [5, 5.41) is 0. The Morgan fingerprint density at radius 3 is 1.50 bits per heavy atom. The molecule has 8 bridgehead atoms. The van der Waals surface area contributed by atoms with Gasteiger partial charge in [0.1, 0.15) is 0 Å². The number of ether oxygens (including phenoxy) is 4. The van der Waals surface area contributed by atoms with Gasteiger partial charge in [-0.15, -0.1) is 0 Å². The number of methoxy groups -OCH3 is 2. The van der Waals surface area contributed by atoms with Crippen molar-refractivity contribution in [3.8, 4) is 0 Å². The second kappa shape index (κ2) is 13.2. The highest BCUT2D eigenvalue weighted by molar-refractivity contribution is 5.97. The molecule has 3 aromatic heterocycles. The van der Waals surface area contributed by atoms with Crippen molar-refractivity contribution < 1.29 is 38.1 Å². The van der Waals surface area contributed by atoms with Crippen LogP contribution in [0.3, 0.4) is 0 Å². The van der Waals surface area contributed by atoms with E-state index in [4.69, 9.17) is 14.7 Å². The number of aromatic amines is 2. The Bertz CT molecular complexity index is 2000. The fourth-order valence-corrected chi connectivity index (χ4v) is 5.46. The van der Waals surface area contributed by atoms with E-state index >= 15 is 0 Å². The maximum absolute atomic E-state index is 12.4. The molecule has 0 radical (unpaired) electrons. The van der Waals surface area contributed by atoms with Crippen LogP contribution in [-0.2, 0) is 28.5 Å². The molecule has 238 valence electrons. The van der Waals surface area contributed by atoms with Gasteiger partial charge in [-0.25, -0.2) is 19.6 Å². The zero-order chi connectivity index (χ0) is 33.1. The largest absolute Gasteiger partial charge is 0.515 e. The van der Waals surface area contributed by atoms with Crippen LogP contribution in [0.4, 0.5) is 9.59 Å². The predicted molar refractivity (Wildman–Crippen MR) is 171 cm³/mol. The number of carbonyl (C=O) groups excluding carboxylic acids is 4. The Kier molecular flexibility index (Phi) is 9.17. The molecule has 0 spiro atoms. The number of rotatable bonds is 6. The molecule has 2 aliphatic rings. The Morgan fingerprint density at radius 2 is 1.02 bits per heavy atom. The van der Waals surface area contributed by atoms with Crippen molar-refractivity contribution in [1.29, 1.82) is 0 Å². The van der Waals surface area contributed by atoms with Crippen LogP contribution < -0.4 is 0 Å². The molecule has 2 aliphatic heterocycles. The minimum Gasteiger partial charge on any atom is -0.437 e. The Labute approximate surface area is 264 Å². The highest BCUT2D eigenvalue weighted by atomic mass is 16.7. The lowest BCUT2D eigenvalue weighted by Crippen LogP contribution is -2.12. The number of H-pyrrole nitrogens is 2. The molecule has 0 atom stereocenters. The number of nitrogens with one attached hydrogen (secondary N) is 2. The molecule has 0 saturated heterocycles. The van der Waals surface area contributed by atoms with E-state index in [1.807, 2.05) is 58.0 Å². The summed E-state index contributed by atoms with van der Waals surface area (Å²) in [4.78, 5) is 64.5. The van der Waals surface area contributed by atoms with Crippen molar-refractivity contribution in [2.75, 3.05) is 14.2 Å². The first kappa shape index (κ1) is 31.9. The molecule has 5 rings (SSSR count). The van der Waals surface area contributed by atoms with Crippen molar-refractivity contribution in [2.24, 2.45) is 0 Å². The number of hydrogen-bond acceptors (Lipinski definition) is 10. The number of fused-ring (bicyclic) bond motifs is 8. The average molecular weight is 627 g/mol. The summed E-state index contributed by atoms with van der Waals surface area (Å²) < 4.78 is 18.3. The van der Waals surface area contributed by atoms with E-state index in [9.17, 15) is 19.2 Å². The van der Waals surface area contributed by atoms with Gasteiger partial charge in [-0.2, -0.15) is 0 Å². The standard InChI is InChI=1S/C34H34N4O8/c1-17-11-22-14-27-19(3)23(7-9-31(39)45-33(41)43-5)29(37-27)16-30-24(8-10-32(40)46-34(42)44-6)20(4)28(38-30)15-26-18(2)12-21(36-26)13-25(17)35-22/h11-16,35-36H,7-10H2,1-6H3. The van der Waals surface area contributed by atoms with Crippen LogP contribution in [0.25, 0.3) is 44.4 Å². The smallest absolute Gasteiger partial charge is 0.437 e. The summed E-state index contributed by atoms with van der Waals surface area (Å²) >= 11 is 0. The van der Waals surface area contributed by atoms with Crippen LogP contribution in [0.5, 0.6) is 0 Å². The summed E-state index contributed by atoms with van der Waals surface area (Å²) in [6, 6.07) is 11.9. The van der Waals surface area contributed by atoms with E-state index in [0.29, 0.717) is 22.8 Å². The quantitative estimate of drug-likeness (QED) is 0.216. The molecule has 3 aromatic rings. The monoisotopic (exact) mass is 626 g/mol. The molecule has 0 amide bonds. The number of aromatic nitrogens is 4. The summed E-state index contributed by atoms with van der Waals surface area (Å²) in [6.45, 7) is 7.88. The van der Waals surface area contributed by atoms with Crippen molar-refractivity contribution in [3.63, 3.8) is 0 Å². The van der Waals surface area contributed by atoms with Gasteiger partial charge in [-0.05, 0) is 110 Å². The van der Waals surface area contributed by atoms with E-state index in [-0.39, 0.29) is 25.7 Å². The number of esters is 2. The number of hydrogen-bond donors (Lipinski definition) is 2. The van der Waals surface area contributed by atoms with Crippen molar-refractivity contribution >= 4 is 68.6 Å². The first-order valence-corrected chi connectivity index (χ1v) is 14.6. The fourth-order valence-electron chi connectivity index (χ4n) is 5.46. The van der Waals surface area contributed by atoms with E-state index in [0.717, 1.165) is 69.7 Å². The molecular formula is C34H34N4O8. The Morgan fingerprint density at radius 1 is 0.587 bits per heavy atom. The molecule has 0 aromatic carbocycles. The van der Waals surface area contributed by atoms with Crippen LogP contribution in [0, 0.1) is 13.8 Å². The third-order valence-electron chi connectivity index (χ3n) is 7.96. The van der Waals surface area contributed by atoms with Crippen LogP contribution in [-0.4, -0.2) is 58.4 Å². The number of allylic oxidation sites excluding steroid dienone is 4. The first-order chi connectivity index (χ1) is 21.9. The molecular weight excluding hydrogens is 592 g/mol. The molecule has 0 saturated carbocycles. The summed E-state index contributed by atoms with van der Waals surface area (Å²) in [6.07, 6.45) is -1.85. The molecule has 46 heavy (non-hydrogen) atoms. The van der Waals surface area contributed by atoms with Gasteiger partial charge >= 0.3 is 24.2 Å². The Balaban J connectivity index is 1.69. The summed E-state index contributed by atoms with van der Waals surface area (Å²) in [5.74, 6) is -1.46. The lowest BCUT2D eigenvalue weighted by atomic mass is 9.98. The summed E-state index contributed by atoms with van der Waals surface area (Å²) in [7, 11) is 2.26. The highest BCUT2D eigenvalue weighted by Crippen LogP contribution is 2.37. The van der Waals surface area contributed by atoms with Gasteiger partial charge in [0.25, 0.3) is 0 Å². The lowest BCUT2D eigenvalue weighted by Gasteiger charge is -2.07. The predicted octanol–water partition coefficient (Wildman–Crippen LogP) is 6.97. The maximum atomic E-state index is 12.4. The molecule has 0 aliphatic carbocycles.